The van der Waals surface area contributed by atoms with Crippen molar-refractivity contribution in [2.45, 2.75) is 111 Å². The Bertz CT molecular complexity index is 1020. The maximum Gasteiger partial charge on any atom is 0.315 e. The molecule has 5 nitrogen and oxygen atoms in total. The van der Waals surface area contributed by atoms with E-state index in [4.69, 9.17) is 0 Å². The van der Waals surface area contributed by atoms with Crippen LogP contribution in [0.15, 0.2) is 54.8 Å². The number of amides is 2. The fourth-order valence-electron chi connectivity index (χ4n) is 7.45. The van der Waals surface area contributed by atoms with Crippen molar-refractivity contribution in [3.8, 4) is 0 Å². The number of urea groups is 1. The van der Waals surface area contributed by atoms with Gasteiger partial charge in [0.05, 0.1) is 17.6 Å². The van der Waals surface area contributed by atoms with Gasteiger partial charge in [0.2, 0.25) is 0 Å². The van der Waals surface area contributed by atoms with Crippen LogP contribution in [-0.4, -0.2) is 41.6 Å². The summed E-state index contributed by atoms with van der Waals surface area (Å²) in [6.07, 6.45) is 7.74. The monoisotopic (exact) mass is 534 g/mol. The van der Waals surface area contributed by atoms with E-state index < -0.39 is 0 Å². The highest BCUT2D eigenvalue weighted by Crippen LogP contribution is 2.66. The summed E-state index contributed by atoms with van der Waals surface area (Å²) in [7, 11) is 0. The van der Waals surface area contributed by atoms with Crippen molar-refractivity contribution in [1.82, 2.24) is 20.9 Å². The first kappa shape index (κ1) is 29.7. The standard InChI is InChI=1S/C34H54N4O/c1-9-32(5,6)30(25(4)38-22-27-28(33(27,7)8)29(38)24(2)3)36-31(39)37-34(19-15-10-11-16-20-34)23-35-21-26-17-13-12-14-18-26/h12-14,17-18,27-30,35H,2,4,9-11,15-16,19-23H2,1,3,5-8H3,(H2,36,37,39)/t27?,28-,29?,30?/m0/s1. The Balaban J connectivity index is 1.48. The fourth-order valence-corrected chi connectivity index (χ4v) is 7.45. The summed E-state index contributed by atoms with van der Waals surface area (Å²) in [5, 5.41) is 10.6. The SMILES string of the molecule is C=C(C)C1[C@@H]2C(CN1C(=C)C(NC(=O)NC1(CNCc3ccccc3)CCCCCC1)C(C)(C)CC)C2(C)C. The molecular formula is C34H54N4O. The number of piperidine rings is 1. The number of hydrogen-bond acceptors (Lipinski definition) is 3. The van der Waals surface area contributed by atoms with Gasteiger partial charge in [-0.25, -0.2) is 4.79 Å². The van der Waals surface area contributed by atoms with Gasteiger partial charge in [-0.2, -0.15) is 0 Å². The molecule has 1 aromatic carbocycles. The van der Waals surface area contributed by atoms with Crippen LogP contribution >= 0.6 is 0 Å². The topological polar surface area (TPSA) is 56.4 Å². The molecule has 1 aromatic rings. The Labute approximate surface area is 238 Å². The second-order valence-corrected chi connectivity index (χ2v) is 14.0. The van der Waals surface area contributed by atoms with Crippen LogP contribution in [0.1, 0.15) is 92.1 Å². The van der Waals surface area contributed by atoms with E-state index >= 15 is 0 Å². The maximum absolute atomic E-state index is 13.8. The zero-order valence-electron chi connectivity index (χ0n) is 25.5. The molecule has 4 rings (SSSR count). The molecule has 1 heterocycles. The van der Waals surface area contributed by atoms with Crippen LogP contribution in [0.25, 0.3) is 0 Å². The van der Waals surface area contributed by atoms with Gasteiger partial charge in [-0.05, 0) is 54.4 Å². The van der Waals surface area contributed by atoms with Gasteiger partial charge in [-0.15, -0.1) is 0 Å². The minimum atomic E-state index is -0.239. The fraction of sp³-hybridized carbons (Fsp3) is 0.676. The lowest BCUT2D eigenvalue weighted by Gasteiger charge is -2.44. The van der Waals surface area contributed by atoms with Gasteiger partial charge in [0.1, 0.15) is 0 Å². The normalized spacial score (nSPS) is 26.2. The molecule has 216 valence electrons. The van der Waals surface area contributed by atoms with Crippen LogP contribution in [-0.2, 0) is 6.54 Å². The number of likely N-dealkylation sites (tertiary alicyclic amines) is 1. The molecule has 1 saturated heterocycles. The molecule has 1 aliphatic heterocycles. The maximum atomic E-state index is 13.8. The second kappa shape index (κ2) is 11.7. The van der Waals surface area contributed by atoms with Crippen LogP contribution in [0.3, 0.4) is 0 Å². The Hall–Kier alpha value is -2.27. The predicted molar refractivity (Wildman–Crippen MR) is 163 cm³/mol. The van der Waals surface area contributed by atoms with Gasteiger partial charge in [-0.3, -0.25) is 0 Å². The van der Waals surface area contributed by atoms with Crippen LogP contribution in [0.2, 0.25) is 0 Å². The van der Waals surface area contributed by atoms with E-state index in [9.17, 15) is 4.79 Å². The summed E-state index contributed by atoms with van der Waals surface area (Å²) in [5.41, 5.74) is 3.50. The van der Waals surface area contributed by atoms with E-state index in [0.717, 1.165) is 57.4 Å². The van der Waals surface area contributed by atoms with Gasteiger partial charge < -0.3 is 20.9 Å². The van der Waals surface area contributed by atoms with E-state index in [1.54, 1.807) is 0 Å². The molecule has 5 heteroatoms. The summed E-state index contributed by atoms with van der Waals surface area (Å²) in [4.78, 5) is 16.3. The van der Waals surface area contributed by atoms with Crippen molar-refractivity contribution in [1.29, 1.82) is 0 Å². The molecule has 0 aromatic heterocycles. The minimum Gasteiger partial charge on any atom is -0.366 e. The summed E-state index contributed by atoms with van der Waals surface area (Å²) in [5.74, 6) is 1.29. The van der Waals surface area contributed by atoms with E-state index in [-0.39, 0.29) is 23.0 Å². The first-order chi connectivity index (χ1) is 18.4. The highest BCUT2D eigenvalue weighted by atomic mass is 16.2. The van der Waals surface area contributed by atoms with E-state index in [1.165, 1.54) is 24.0 Å². The molecule has 2 amide bonds. The number of fused-ring (bicyclic) bond motifs is 1. The van der Waals surface area contributed by atoms with Gasteiger partial charge >= 0.3 is 6.03 Å². The molecule has 3 fully saturated rings. The molecule has 3 unspecified atom stereocenters. The third-order valence-electron chi connectivity index (χ3n) is 10.5. The second-order valence-electron chi connectivity index (χ2n) is 14.0. The van der Waals surface area contributed by atoms with Crippen molar-refractivity contribution >= 4 is 6.03 Å². The zero-order chi connectivity index (χ0) is 28.4. The van der Waals surface area contributed by atoms with Gasteiger partial charge in [0.15, 0.2) is 0 Å². The molecule has 3 aliphatic rings. The molecule has 0 spiro atoms. The Kier molecular flexibility index (Phi) is 8.90. The molecule has 0 bridgehead atoms. The molecular weight excluding hydrogens is 480 g/mol. The van der Waals surface area contributed by atoms with E-state index in [2.05, 4.69) is 106 Å². The summed E-state index contributed by atoms with van der Waals surface area (Å²) in [6, 6.07) is 10.6. The molecule has 39 heavy (non-hydrogen) atoms. The molecule has 0 radical (unpaired) electrons. The van der Waals surface area contributed by atoms with Crippen molar-refractivity contribution < 1.29 is 4.79 Å². The summed E-state index contributed by atoms with van der Waals surface area (Å²) in [6.45, 7) is 25.2. The molecule has 2 aliphatic carbocycles. The van der Waals surface area contributed by atoms with Crippen LogP contribution in [0.4, 0.5) is 4.79 Å². The number of hydrogen-bond donors (Lipinski definition) is 3. The Morgan fingerprint density at radius 2 is 1.74 bits per heavy atom. The lowest BCUT2D eigenvalue weighted by molar-refractivity contribution is 0.170. The number of carbonyl (C=O) groups is 1. The van der Waals surface area contributed by atoms with E-state index in [1.807, 2.05) is 0 Å². The third kappa shape index (κ3) is 6.39. The zero-order valence-corrected chi connectivity index (χ0v) is 25.5. The number of benzene rings is 1. The van der Waals surface area contributed by atoms with Crippen molar-refractivity contribution in [3.05, 3.63) is 60.3 Å². The lowest BCUT2D eigenvalue weighted by atomic mass is 9.79. The van der Waals surface area contributed by atoms with Gasteiger partial charge in [0, 0.05) is 25.3 Å². The van der Waals surface area contributed by atoms with Crippen molar-refractivity contribution in [3.63, 3.8) is 0 Å². The highest BCUT2D eigenvalue weighted by molar-refractivity contribution is 5.75. The number of nitrogens with one attached hydrogen (secondary N) is 3. The first-order valence-corrected chi connectivity index (χ1v) is 15.4. The largest absolute Gasteiger partial charge is 0.366 e. The predicted octanol–water partition coefficient (Wildman–Crippen LogP) is 7.02. The van der Waals surface area contributed by atoms with Crippen molar-refractivity contribution in [2.24, 2.45) is 22.7 Å². The molecule has 4 atom stereocenters. The smallest absolute Gasteiger partial charge is 0.315 e. The van der Waals surface area contributed by atoms with Crippen LogP contribution in [0.5, 0.6) is 0 Å². The molecule has 2 saturated carbocycles. The Morgan fingerprint density at radius 3 is 2.33 bits per heavy atom. The average Bonchev–Trinajstić information content (AvgIpc) is 3.26. The van der Waals surface area contributed by atoms with Gasteiger partial charge in [0.25, 0.3) is 0 Å². The minimum absolute atomic E-state index is 0.0670. The first-order valence-electron chi connectivity index (χ1n) is 15.4. The third-order valence-corrected chi connectivity index (χ3v) is 10.5. The molecule has 3 N–H and O–H groups in total. The summed E-state index contributed by atoms with van der Waals surface area (Å²) >= 11 is 0. The average molecular weight is 535 g/mol. The number of nitrogens with zero attached hydrogens (tertiary/aromatic N) is 1. The number of carbonyl (C=O) groups excluding carboxylic acids is 1. The van der Waals surface area contributed by atoms with Gasteiger partial charge in [-0.1, -0.05) is 109 Å². The van der Waals surface area contributed by atoms with Crippen molar-refractivity contribution in [2.75, 3.05) is 13.1 Å². The van der Waals surface area contributed by atoms with Crippen LogP contribution < -0.4 is 16.0 Å². The quantitative estimate of drug-likeness (QED) is 0.211. The number of rotatable bonds is 11. The van der Waals surface area contributed by atoms with Crippen LogP contribution in [0, 0.1) is 22.7 Å². The lowest BCUT2D eigenvalue weighted by Crippen LogP contribution is -2.60. The van der Waals surface area contributed by atoms with E-state index in [0.29, 0.717) is 23.3 Å². The highest BCUT2D eigenvalue weighted by Gasteiger charge is 2.67. The summed E-state index contributed by atoms with van der Waals surface area (Å²) < 4.78 is 0. The Morgan fingerprint density at radius 1 is 1.10 bits per heavy atom.